The molecule has 0 aliphatic carbocycles. The molecule has 4 aromatic carbocycles. The standard InChI is InChI=1S/C26H20N4/c1-3-9-18(10-4-1)25-27-26(29-28-25)19-15-16-22-21-13-7-8-14-23(21)30(24(22)17-19)20-11-5-2-6-12-20/h1-17,26,29H,(H,27,28). The van der Waals surface area contributed by atoms with E-state index in [2.05, 4.69) is 100 Å². The van der Waals surface area contributed by atoms with E-state index in [0.717, 1.165) is 22.6 Å². The smallest absolute Gasteiger partial charge is 0.144 e. The number of rotatable bonds is 3. The molecule has 1 atom stereocenters. The van der Waals surface area contributed by atoms with Crippen LogP contribution in [0.2, 0.25) is 0 Å². The molecule has 5 aromatic rings. The van der Waals surface area contributed by atoms with Crippen LogP contribution in [0, 0.1) is 0 Å². The molecule has 6 rings (SSSR count). The lowest BCUT2D eigenvalue weighted by Gasteiger charge is -2.11. The summed E-state index contributed by atoms with van der Waals surface area (Å²) in [5, 5.41) is 2.50. The summed E-state index contributed by atoms with van der Waals surface area (Å²) in [5.41, 5.74) is 12.3. The molecule has 1 aliphatic heterocycles. The third-order valence-electron chi connectivity index (χ3n) is 5.66. The Hall–Kier alpha value is -3.89. The molecular weight excluding hydrogens is 368 g/mol. The highest BCUT2D eigenvalue weighted by molar-refractivity contribution is 6.09. The van der Waals surface area contributed by atoms with E-state index in [1.54, 1.807) is 0 Å². The number of aromatic nitrogens is 1. The van der Waals surface area contributed by atoms with Crippen LogP contribution in [0.1, 0.15) is 17.3 Å². The largest absolute Gasteiger partial charge is 0.309 e. The van der Waals surface area contributed by atoms with Crippen LogP contribution >= 0.6 is 0 Å². The van der Waals surface area contributed by atoms with Gasteiger partial charge in [0, 0.05) is 22.0 Å². The first-order valence-corrected chi connectivity index (χ1v) is 10.1. The van der Waals surface area contributed by atoms with Crippen molar-refractivity contribution < 1.29 is 0 Å². The second kappa shape index (κ2) is 6.87. The van der Waals surface area contributed by atoms with Gasteiger partial charge >= 0.3 is 0 Å². The quantitative estimate of drug-likeness (QED) is 0.438. The zero-order valence-corrected chi connectivity index (χ0v) is 16.3. The number of para-hydroxylation sites is 2. The van der Waals surface area contributed by atoms with Gasteiger partial charge in [0.25, 0.3) is 0 Å². The van der Waals surface area contributed by atoms with Crippen molar-refractivity contribution in [2.24, 2.45) is 4.99 Å². The highest BCUT2D eigenvalue weighted by Gasteiger charge is 2.20. The van der Waals surface area contributed by atoms with Gasteiger partial charge in [-0.1, -0.05) is 78.9 Å². The van der Waals surface area contributed by atoms with Crippen molar-refractivity contribution in [2.45, 2.75) is 6.17 Å². The highest BCUT2D eigenvalue weighted by Crippen LogP contribution is 2.34. The Labute approximate surface area is 174 Å². The summed E-state index contributed by atoms with van der Waals surface area (Å²) < 4.78 is 2.33. The summed E-state index contributed by atoms with van der Waals surface area (Å²) in [6, 6.07) is 35.9. The predicted molar refractivity (Wildman–Crippen MR) is 123 cm³/mol. The van der Waals surface area contributed by atoms with E-state index < -0.39 is 0 Å². The third-order valence-corrected chi connectivity index (χ3v) is 5.66. The molecule has 30 heavy (non-hydrogen) atoms. The Morgan fingerprint density at radius 2 is 1.37 bits per heavy atom. The minimum Gasteiger partial charge on any atom is -0.309 e. The van der Waals surface area contributed by atoms with Crippen LogP contribution < -0.4 is 10.9 Å². The van der Waals surface area contributed by atoms with Gasteiger partial charge in [-0.2, -0.15) is 0 Å². The average Bonchev–Trinajstić information content (AvgIpc) is 3.43. The molecule has 0 spiro atoms. The van der Waals surface area contributed by atoms with Crippen molar-refractivity contribution in [3.8, 4) is 5.69 Å². The second-order valence-corrected chi connectivity index (χ2v) is 7.48. The first-order valence-electron chi connectivity index (χ1n) is 10.1. The summed E-state index contributed by atoms with van der Waals surface area (Å²) in [6.07, 6.45) is -0.133. The maximum Gasteiger partial charge on any atom is 0.144 e. The van der Waals surface area contributed by atoms with Gasteiger partial charge in [0.1, 0.15) is 12.0 Å². The van der Waals surface area contributed by atoms with E-state index in [1.807, 2.05) is 18.2 Å². The number of fused-ring (bicyclic) bond motifs is 3. The number of hydrogen-bond donors (Lipinski definition) is 2. The van der Waals surface area contributed by atoms with Crippen molar-refractivity contribution in [3.05, 3.63) is 114 Å². The Bertz CT molecular complexity index is 1380. The number of amidine groups is 1. The molecule has 0 amide bonds. The topological polar surface area (TPSA) is 41.4 Å². The maximum atomic E-state index is 4.88. The van der Waals surface area contributed by atoms with Crippen molar-refractivity contribution in [1.82, 2.24) is 15.4 Å². The summed E-state index contributed by atoms with van der Waals surface area (Å²) in [4.78, 5) is 4.88. The van der Waals surface area contributed by atoms with Gasteiger partial charge in [-0.15, -0.1) is 0 Å². The monoisotopic (exact) mass is 388 g/mol. The predicted octanol–water partition coefficient (Wildman–Crippen LogP) is 5.34. The molecule has 144 valence electrons. The summed E-state index contributed by atoms with van der Waals surface area (Å²) in [5.74, 6) is 0.865. The summed E-state index contributed by atoms with van der Waals surface area (Å²) in [7, 11) is 0. The van der Waals surface area contributed by atoms with E-state index >= 15 is 0 Å². The third kappa shape index (κ3) is 2.70. The Morgan fingerprint density at radius 3 is 2.20 bits per heavy atom. The summed E-state index contributed by atoms with van der Waals surface area (Å²) in [6.45, 7) is 0. The lowest BCUT2D eigenvalue weighted by molar-refractivity contribution is 0.575. The van der Waals surface area contributed by atoms with Crippen LogP contribution in [0.3, 0.4) is 0 Å². The Balaban J connectivity index is 1.52. The molecule has 4 heteroatoms. The molecule has 0 bridgehead atoms. The number of hydrogen-bond acceptors (Lipinski definition) is 3. The van der Waals surface area contributed by atoms with Crippen LogP contribution in [0.25, 0.3) is 27.5 Å². The van der Waals surface area contributed by atoms with Gasteiger partial charge in [0.05, 0.1) is 11.0 Å². The number of aliphatic imine (C=N–C) groups is 1. The van der Waals surface area contributed by atoms with Gasteiger partial charge in [0.2, 0.25) is 0 Å². The molecule has 0 fully saturated rings. The average molecular weight is 388 g/mol. The maximum absolute atomic E-state index is 4.88. The number of hydrazine groups is 1. The van der Waals surface area contributed by atoms with E-state index in [-0.39, 0.29) is 6.17 Å². The second-order valence-electron chi connectivity index (χ2n) is 7.48. The van der Waals surface area contributed by atoms with E-state index in [0.29, 0.717) is 0 Å². The Morgan fingerprint density at radius 1 is 0.667 bits per heavy atom. The lowest BCUT2D eigenvalue weighted by atomic mass is 10.1. The van der Waals surface area contributed by atoms with Gasteiger partial charge < -0.3 is 9.99 Å². The lowest BCUT2D eigenvalue weighted by Crippen LogP contribution is -2.31. The first-order chi connectivity index (χ1) is 14.9. The SMILES string of the molecule is c1ccc(C2=NC(c3ccc4c5ccccc5n(-c5ccccc5)c4c3)NN2)cc1. The molecule has 1 aliphatic rings. The fourth-order valence-electron chi connectivity index (χ4n) is 4.24. The van der Waals surface area contributed by atoms with Gasteiger partial charge in [-0.25, -0.2) is 10.4 Å². The number of benzene rings is 4. The molecule has 1 aromatic heterocycles. The van der Waals surface area contributed by atoms with Crippen molar-refractivity contribution in [3.63, 3.8) is 0 Å². The van der Waals surface area contributed by atoms with E-state index in [4.69, 9.17) is 4.99 Å². The molecule has 2 N–H and O–H groups in total. The van der Waals surface area contributed by atoms with Crippen LogP contribution in [0.15, 0.2) is 108 Å². The van der Waals surface area contributed by atoms with Gasteiger partial charge in [-0.3, -0.25) is 0 Å². The fourth-order valence-corrected chi connectivity index (χ4v) is 4.24. The van der Waals surface area contributed by atoms with Gasteiger partial charge in [-0.05, 0) is 29.8 Å². The van der Waals surface area contributed by atoms with E-state index in [1.165, 1.54) is 21.8 Å². The van der Waals surface area contributed by atoms with Crippen molar-refractivity contribution in [2.75, 3.05) is 0 Å². The fraction of sp³-hybridized carbons (Fsp3) is 0.0385. The Kier molecular flexibility index (Phi) is 3.89. The molecular formula is C26H20N4. The molecule has 0 saturated heterocycles. The van der Waals surface area contributed by atoms with Crippen LogP contribution in [-0.2, 0) is 0 Å². The number of nitrogens with zero attached hydrogens (tertiary/aromatic N) is 2. The van der Waals surface area contributed by atoms with Crippen LogP contribution in [0.5, 0.6) is 0 Å². The minimum atomic E-state index is -0.133. The van der Waals surface area contributed by atoms with Crippen LogP contribution in [-0.4, -0.2) is 10.4 Å². The van der Waals surface area contributed by atoms with Crippen molar-refractivity contribution in [1.29, 1.82) is 0 Å². The zero-order chi connectivity index (χ0) is 19.9. The van der Waals surface area contributed by atoms with Crippen LogP contribution in [0.4, 0.5) is 0 Å². The van der Waals surface area contributed by atoms with Gasteiger partial charge in [0.15, 0.2) is 0 Å². The molecule has 2 heterocycles. The number of nitrogens with one attached hydrogen (secondary N) is 2. The summed E-state index contributed by atoms with van der Waals surface area (Å²) >= 11 is 0. The first kappa shape index (κ1) is 17.0. The zero-order valence-electron chi connectivity index (χ0n) is 16.3. The highest BCUT2D eigenvalue weighted by atomic mass is 15.5. The molecule has 4 nitrogen and oxygen atoms in total. The van der Waals surface area contributed by atoms with Crippen molar-refractivity contribution >= 4 is 27.6 Å². The molecule has 1 unspecified atom stereocenters. The minimum absolute atomic E-state index is 0.133. The molecule has 0 radical (unpaired) electrons. The normalized spacial score (nSPS) is 16.0. The molecule has 0 saturated carbocycles. The van der Waals surface area contributed by atoms with E-state index in [9.17, 15) is 0 Å².